The zero-order valence-electron chi connectivity index (χ0n) is 15.2. The minimum atomic E-state index is -0.634. The minimum absolute atomic E-state index is 0.0765. The summed E-state index contributed by atoms with van der Waals surface area (Å²) < 4.78 is 5.79. The van der Waals surface area contributed by atoms with Crippen LogP contribution in [0.15, 0.2) is 61.2 Å². The Morgan fingerprint density at radius 2 is 1.86 bits per heavy atom. The molecule has 1 unspecified atom stereocenters. The summed E-state index contributed by atoms with van der Waals surface area (Å²) in [6.45, 7) is 0.389. The number of hydrogen-bond donors (Lipinski definition) is 1. The van der Waals surface area contributed by atoms with Gasteiger partial charge in [0.25, 0.3) is 11.8 Å². The molecule has 1 atom stereocenters. The molecule has 0 aliphatic carbocycles. The van der Waals surface area contributed by atoms with Crippen LogP contribution < -0.4 is 15.4 Å². The molecule has 2 aromatic carbocycles. The predicted molar refractivity (Wildman–Crippen MR) is 104 cm³/mol. The van der Waals surface area contributed by atoms with Gasteiger partial charge in [-0.3, -0.25) is 9.59 Å². The third-order valence-corrected chi connectivity index (χ3v) is 4.84. The fraction of sp³-hybridized carbons (Fsp3) is 0.143. The molecule has 0 radical (unpaired) electrons. The van der Waals surface area contributed by atoms with Crippen LogP contribution in [0, 0.1) is 0 Å². The van der Waals surface area contributed by atoms with Crippen molar-refractivity contribution in [2.45, 2.75) is 5.92 Å². The van der Waals surface area contributed by atoms with E-state index in [0.717, 1.165) is 11.1 Å². The van der Waals surface area contributed by atoms with Crippen molar-refractivity contribution >= 4 is 17.5 Å². The van der Waals surface area contributed by atoms with E-state index in [2.05, 4.69) is 9.97 Å². The van der Waals surface area contributed by atoms with E-state index in [0.29, 0.717) is 23.6 Å². The van der Waals surface area contributed by atoms with Crippen molar-refractivity contribution in [1.82, 2.24) is 9.97 Å². The molecule has 2 amide bonds. The molecule has 2 heterocycles. The molecule has 0 saturated carbocycles. The van der Waals surface area contributed by atoms with Gasteiger partial charge in [0, 0.05) is 24.1 Å². The van der Waals surface area contributed by atoms with E-state index in [4.69, 9.17) is 10.5 Å². The number of ether oxygens (including phenoxy) is 1. The van der Waals surface area contributed by atoms with Crippen LogP contribution in [0.1, 0.15) is 37.8 Å². The Bertz CT molecular complexity index is 1040. The molecule has 2 N–H and O–H groups in total. The third kappa shape index (κ3) is 3.07. The largest absolute Gasteiger partial charge is 0.491 e. The van der Waals surface area contributed by atoms with Crippen LogP contribution in [0.5, 0.6) is 5.75 Å². The third-order valence-electron chi connectivity index (χ3n) is 4.84. The van der Waals surface area contributed by atoms with Crippen molar-refractivity contribution in [2.75, 3.05) is 18.6 Å². The molecule has 0 fully saturated rings. The second-order valence-corrected chi connectivity index (χ2v) is 6.54. The Kier molecular flexibility index (Phi) is 4.49. The SMILES string of the molecule is CN(C(=O)c1cc(C(N)=O)c2c(c1)C(c1ccccc1)CO2)c1cncnc1. The number of primary amides is 1. The van der Waals surface area contributed by atoms with Gasteiger partial charge in [0.05, 0.1) is 30.3 Å². The summed E-state index contributed by atoms with van der Waals surface area (Å²) in [6.07, 6.45) is 4.48. The molecule has 140 valence electrons. The minimum Gasteiger partial charge on any atom is -0.491 e. The molecule has 3 aromatic rings. The number of carbonyl (C=O) groups is 2. The van der Waals surface area contributed by atoms with Gasteiger partial charge in [-0.25, -0.2) is 9.97 Å². The highest BCUT2D eigenvalue weighted by Gasteiger charge is 2.31. The lowest BCUT2D eigenvalue weighted by Crippen LogP contribution is -2.27. The van der Waals surface area contributed by atoms with Crippen molar-refractivity contribution < 1.29 is 14.3 Å². The molecular formula is C21H18N4O3. The predicted octanol–water partition coefficient (Wildman–Crippen LogP) is 2.38. The van der Waals surface area contributed by atoms with Gasteiger partial charge in [-0.15, -0.1) is 0 Å². The molecule has 7 heteroatoms. The maximum Gasteiger partial charge on any atom is 0.258 e. The average Bonchev–Trinajstić information content (AvgIpc) is 3.17. The van der Waals surface area contributed by atoms with E-state index in [1.54, 1.807) is 25.5 Å². The summed E-state index contributed by atoms with van der Waals surface area (Å²) in [7, 11) is 1.63. The molecular weight excluding hydrogens is 356 g/mol. The zero-order valence-corrected chi connectivity index (χ0v) is 15.2. The van der Waals surface area contributed by atoms with Crippen molar-refractivity contribution in [3.63, 3.8) is 0 Å². The number of aromatic nitrogens is 2. The number of fused-ring (bicyclic) bond motifs is 1. The number of nitrogens with two attached hydrogens (primary N) is 1. The van der Waals surface area contributed by atoms with Gasteiger partial charge < -0.3 is 15.4 Å². The molecule has 1 aromatic heterocycles. The standard InChI is InChI=1S/C21H18N4O3/c1-25(15-9-23-12-24-10-15)21(27)14-7-16-18(13-5-3-2-4-6-13)11-28-19(16)17(8-14)20(22)26/h2-10,12,18H,11H2,1H3,(H2,22,26). The van der Waals surface area contributed by atoms with Crippen LogP contribution in [0.2, 0.25) is 0 Å². The summed E-state index contributed by atoms with van der Waals surface area (Å²) in [5.41, 5.74) is 8.50. The Morgan fingerprint density at radius 3 is 2.54 bits per heavy atom. The van der Waals surface area contributed by atoms with Crippen LogP contribution in [0.4, 0.5) is 5.69 Å². The molecule has 0 spiro atoms. The number of amides is 2. The summed E-state index contributed by atoms with van der Waals surface area (Å²) >= 11 is 0. The van der Waals surface area contributed by atoms with E-state index in [1.807, 2.05) is 30.3 Å². The van der Waals surface area contributed by atoms with Gasteiger partial charge in [-0.05, 0) is 17.7 Å². The van der Waals surface area contributed by atoms with Crippen LogP contribution in [0.25, 0.3) is 0 Å². The Labute approximate surface area is 161 Å². The van der Waals surface area contributed by atoms with E-state index in [-0.39, 0.29) is 17.4 Å². The van der Waals surface area contributed by atoms with Gasteiger partial charge in [0.1, 0.15) is 12.1 Å². The molecule has 7 nitrogen and oxygen atoms in total. The van der Waals surface area contributed by atoms with Gasteiger partial charge in [0.15, 0.2) is 0 Å². The Balaban J connectivity index is 1.79. The first kappa shape index (κ1) is 17.7. The molecule has 0 bridgehead atoms. The average molecular weight is 374 g/mol. The van der Waals surface area contributed by atoms with Crippen LogP contribution in [-0.4, -0.2) is 35.4 Å². The Hall–Kier alpha value is -3.74. The number of benzene rings is 2. The molecule has 28 heavy (non-hydrogen) atoms. The highest BCUT2D eigenvalue weighted by molar-refractivity contribution is 6.08. The topological polar surface area (TPSA) is 98.4 Å². The highest BCUT2D eigenvalue weighted by Crippen LogP contribution is 2.41. The van der Waals surface area contributed by atoms with E-state index < -0.39 is 5.91 Å². The second-order valence-electron chi connectivity index (χ2n) is 6.54. The van der Waals surface area contributed by atoms with Gasteiger partial charge in [-0.1, -0.05) is 30.3 Å². The van der Waals surface area contributed by atoms with Crippen molar-refractivity contribution in [3.8, 4) is 5.75 Å². The number of anilines is 1. The van der Waals surface area contributed by atoms with Gasteiger partial charge >= 0.3 is 0 Å². The maximum absolute atomic E-state index is 13.0. The summed E-state index contributed by atoms with van der Waals surface area (Å²) in [6, 6.07) is 13.1. The van der Waals surface area contributed by atoms with Crippen molar-refractivity contribution in [1.29, 1.82) is 0 Å². The van der Waals surface area contributed by atoms with Crippen LogP contribution >= 0.6 is 0 Å². The van der Waals surface area contributed by atoms with Crippen molar-refractivity contribution in [2.24, 2.45) is 5.73 Å². The fourth-order valence-electron chi connectivity index (χ4n) is 3.37. The number of hydrogen-bond acceptors (Lipinski definition) is 5. The fourth-order valence-corrected chi connectivity index (χ4v) is 3.37. The van der Waals surface area contributed by atoms with Crippen molar-refractivity contribution in [3.05, 3.63) is 83.4 Å². The first-order valence-corrected chi connectivity index (χ1v) is 8.75. The lowest BCUT2D eigenvalue weighted by Gasteiger charge is -2.18. The van der Waals surface area contributed by atoms with E-state index >= 15 is 0 Å². The van der Waals surface area contributed by atoms with E-state index in [9.17, 15) is 9.59 Å². The lowest BCUT2D eigenvalue weighted by atomic mass is 9.90. The number of rotatable bonds is 4. The highest BCUT2D eigenvalue weighted by atomic mass is 16.5. The maximum atomic E-state index is 13.0. The van der Waals surface area contributed by atoms with Gasteiger partial charge in [-0.2, -0.15) is 0 Å². The molecule has 0 saturated heterocycles. The Morgan fingerprint density at radius 1 is 1.14 bits per heavy atom. The lowest BCUT2D eigenvalue weighted by molar-refractivity contribution is 0.0992. The monoisotopic (exact) mass is 374 g/mol. The first-order chi connectivity index (χ1) is 13.6. The summed E-state index contributed by atoms with van der Waals surface area (Å²) in [5, 5.41) is 0. The molecule has 1 aliphatic heterocycles. The summed E-state index contributed by atoms with van der Waals surface area (Å²) in [5.74, 6) is -0.555. The molecule has 1 aliphatic rings. The quantitative estimate of drug-likeness (QED) is 0.756. The summed E-state index contributed by atoms with van der Waals surface area (Å²) in [4.78, 5) is 34.4. The second kappa shape index (κ2) is 7.11. The first-order valence-electron chi connectivity index (χ1n) is 8.75. The molecule has 4 rings (SSSR count). The number of carbonyl (C=O) groups excluding carboxylic acids is 2. The van der Waals surface area contributed by atoms with Crippen LogP contribution in [0.3, 0.4) is 0 Å². The van der Waals surface area contributed by atoms with Gasteiger partial charge in [0.2, 0.25) is 0 Å². The van der Waals surface area contributed by atoms with Crippen LogP contribution in [-0.2, 0) is 0 Å². The zero-order chi connectivity index (χ0) is 19.7. The normalized spacial score (nSPS) is 14.8. The van der Waals surface area contributed by atoms with E-state index in [1.165, 1.54) is 17.3 Å². The number of nitrogens with zero attached hydrogens (tertiary/aromatic N) is 3. The smallest absolute Gasteiger partial charge is 0.258 e.